The molecule has 0 saturated heterocycles. The fourth-order valence-electron chi connectivity index (χ4n) is 3.07. The quantitative estimate of drug-likeness (QED) is 0.744. The fourth-order valence-corrected chi connectivity index (χ4v) is 3.07. The van der Waals surface area contributed by atoms with Gasteiger partial charge in [0.25, 0.3) is 5.82 Å². The highest BCUT2D eigenvalue weighted by Gasteiger charge is 2.32. The normalized spacial score (nSPS) is 13.7. The number of hydrogen-bond donors (Lipinski definition) is 1. The lowest BCUT2D eigenvalue weighted by atomic mass is 10.1. The zero-order chi connectivity index (χ0) is 14.4. The van der Waals surface area contributed by atoms with Gasteiger partial charge in [-0.3, -0.25) is 0 Å². The maximum Gasteiger partial charge on any atom is 0.285 e. The number of para-hydroxylation sites is 1. The van der Waals surface area contributed by atoms with E-state index in [9.17, 15) is 4.39 Å². The van der Waals surface area contributed by atoms with E-state index in [1.165, 1.54) is 6.07 Å². The van der Waals surface area contributed by atoms with Gasteiger partial charge >= 0.3 is 0 Å². The number of rotatable bonds is 1. The minimum Gasteiger partial charge on any atom is -0.398 e. The molecule has 1 aliphatic rings. The van der Waals surface area contributed by atoms with Crippen molar-refractivity contribution >= 4 is 28.1 Å². The van der Waals surface area contributed by atoms with E-state index in [1.54, 1.807) is 6.07 Å². The van der Waals surface area contributed by atoms with Crippen LogP contribution in [0.3, 0.4) is 0 Å². The first kappa shape index (κ1) is 12.1. The molecule has 104 valence electrons. The number of anilines is 3. The number of nitrogens with two attached hydrogens (primary N) is 1. The molecule has 0 spiro atoms. The van der Waals surface area contributed by atoms with Crippen molar-refractivity contribution in [1.29, 1.82) is 0 Å². The first-order valence-corrected chi connectivity index (χ1v) is 7.00. The maximum atomic E-state index is 14.0. The van der Waals surface area contributed by atoms with E-state index in [0.717, 1.165) is 35.6 Å². The van der Waals surface area contributed by atoms with Crippen molar-refractivity contribution in [2.75, 3.05) is 17.2 Å². The van der Waals surface area contributed by atoms with E-state index in [-0.39, 0.29) is 5.82 Å². The minimum absolute atomic E-state index is 0.276. The fraction of sp³-hybridized carbons (Fsp3) is 0.118. The number of hydrogen-bond acceptors (Lipinski definition) is 2. The maximum absolute atomic E-state index is 14.0. The van der Waals surface area contributed by atoms with Crippen LogP contribution in [0, 0.1) is 5.82 Å². The molecule has 1 aliphatic heterocycles. The Kier molecular flexibility index (Phi) is 2.57. The van der Waals surface area contributed by atoms with Gasteiger partial charge in [0.15, 0.2) is 0 Å². The second-order valence-corrected chi connectivity index (χ2v) is 5.27. The van der Waals surface area contributed by atoms with Crippen LogP contribution >= 0.6 is 0 Å². The summed E-state index contributed by atoms with van der Waals surface area (Å²) in [5.41, 5.74) is 9.62. The molecule has 4 rings (SSSR count). The molecule has 0 aliphatic carbocycles. The van der Waals surface area contributed by atoms with Crippen LogP contribution < -0.4 is 15.6 Å². The molecular formula is C17H15FN3+. The van der Waals surface area contributed by atoms with E-state index >= 15 is 0 Å². The molecule has 1 aromatic heterocycles. The molecule has 3 nitrogen and oxygen atoms in total. The van der Waals surface area contributed by atoms with E-state index in [1.807, 2.05) is 24.3 Å². The molecule has 0 unspecified atom stereocenters. The predicted octanol–water partition coefficient (Wildman–Crippen LogP) is 3.07. The Labute approximate surface area is 121 Å². The monoisotopic (exact) mass is 280 g/mol. The van der Waals surface area contributed by atoms with Gasteiger partial charge in [-0.1, -0.05) is 24.3 Å². The number of benzene rings is 2. The van der Waals surface area contributed by atoms with E-state index in [4.69, 9.17) is 5.73 Å². The molecule has 21 heavy (non-hydrogen) atoms. The number of H-pyrrole nitrogens is 1. The Balaban J connectivity index is 1.96. The van der Waals surface area contributed by atoms with Gasteiger partial charge in [0, 0.05) is 6.42 Å². The number of nitrogen functional groups attached to an aromatic ring is 1. The third-order valence-corrected chi connectivity index (χ3v) is 4.07. The molecule has 0 radical (unpaired) electrons. The number of pyridine rings is 1. The van der Waals surface area contributed by atoms with E-state index in [0.29, 0.717) is 11.1 Å². The van der Waals surface area contributed by atoms with Crippen LogP contribution in [0.25, 0.3) is 10.9 Å². The standard InChI is InChI=1S/C17H14FN3/c18-13-7-4-8-14-15(13)16(19)12-9-10-21(17(12)20-14)11-5-2-1-3-6-11/h1-8H,9-10H2,(H2,19,20)/p+1. The van der Waals surface area contributed by atoms with Gasteiger partial charge in [0.2, 0.25) is 0 Å². The summed E-state index contributed by atoms with van der Waals surface area (Å²) in [6, 6.07) is 15.1. The Morgan fingerprint density at radius 2 is 1.86 bits per heavy atom. The average molecular weight is 280 g/mol. The van der Waals surface area contributed by atoms with E-state index in [2.05, 4.69) is 22.0 Å². The number of fused-ring (bicyclic) bond motifs is 2. The Hall–Kier alpha value is -2.62. The lowest BCUT2D eigenvalue weighted by Crippen LogP contribution is -2.22. The van der Waals surface area contributed by atoms with Crippen LogP contribution in [0.15, 0.2) is 48.5 Å². The molecule has 0 atom stereocenters. The summed E-state index contributed by atoms with van der Waals surface area (Å²) < 4.78 is 14.0. The summed E-state index contributed by atoms with van der Waals surface area (Å²) in [6.45, 7) is 0.845. The topological polar surface area (TPSA) is 43.4 Å². The van der Waals surface area contributed by atoms with Gasteiger partial charge in [0.1, 0.15) is 17.0 Å². The number of halogens is 1. The van der Waals surface area contributed by atoms with Gasteiger partial charge in [-0.15, -0.1) is 0 Å². The van der Waals surface area contributed by atoms with Crippen molar-refractivity contribution in [3.63, 3.8) is 0 Å². The second-order valence-electron chi connectivity index (χ2n) is 5.27. The van der Waals surface area contributed by atoms with Crippen LogP contribution in [0.2, 0.25) is 0 Å². The molecular weight excluding hydrogens is 265 g/mol. The summed E-state index contributed by atoms with van der Waals surface area (Å²) in [5.74, 6) is 0.694. The highest BCUT2D eigenvalue weighted by atomic mass is 19.1. The van der Waals surface area contributed by atoms with Crippen molar-refractivity contribution in [2.45, 2.75) is 6.42 Å². The number of aromatic nitrogens is 1. The van der Waals surface area contributed by atoms with Gasteiger partial charge in [-0.25, -0.2) is 14.3 Å². The predicted molar refractivity (Wildman–Crippen MR) is 82.0 cm³/mol. The third-order valence-electron chi connectivity index (χ3n) is 4.07. The largest absolute Gasteiger partial charge is 0.398 e. The molecule has 0 bridgehead atoms. The third kappa shape index (κ3) is 1.76. The lowest BCUT2D eigenvalue weighted by molar-refractivity contribution is -0.329. The van der Waals surface area contributed by atoms with Crippen LogP contribution in [0.5, 0.6) is 0 Å². The van der Waals surface area contributed by atoms with Crippen molar-refractivity contribution in [3.05, 3.63) is 59.9 Å². The Morgan fingerprint density at radius 3 is 2.67 bits per heavy atom. The second kappa shape index (κ2) is 4.45. The summed E-state index contributed by atoms with van der Waals surface area (Å²) >= 11 is 0. The van der Waals surface area contributed by atoms with Gasteiger partial charge < -0.3 is 5.73 Å². The zero-order valence-electron chi connectivity index (χ0n) is 11.4. The van der Waals surface area contributed by atoms with Crippen LogP contribution in [0.4, 0.5) is 21.6 Å². The molecule has 4 heteroatoms. The van der Waals surface area contributed by atoms with Crippen LogP contribution in [-0.2, 0) is 6.42 Å². The first-order valence-electron chi connectivity index (χ1n) is 7.00. The Bertz CT molecular complexity index is 830. The van der Waals surface area contributed by atoms with Gasteiger partial charge in [-0.2, -0.15) is 0 Å². The molecule has 2 heterocycles. The van der Waals surface area contributed by atoms with Crippen molar-refractivity contribution in [2.24, 2.45) is 0 Å². The van der Waals surface area contributed by atoms with Gasteiger partial charge in [-0.05, 0) is 24.3 Å². The summed E-state index contributed by atoms with van der Waals surface area (Å²) in [4.78, 5) is 5.53. The smallest absolute Gasteiger partial charge is 0.285 e. The van der Waals surface area contributed by atoms with E-state index < -0.39 is 0 Å². The van der Waals surface area contributed by atoms with Crippen LogP contribution in [0.1, 0.15) is 5.56 Å². The number of nitrogens with zero attached hydrogens (tertiary/aromatic N) is 1. The highest BCUT2D eigenvalue weighted by molar-refractivity contribution is 5.93. The van der Waals surface area contributed by atoms with Crippen molar-refractivity contribution < 1.29 is 9.37 Å². The minimum atomic E-state index is -0.276. The zero-order valence-corrected chi connectivity index (χ0v) is 11.4. The number of aromatic amines is 1. The van der Waals surface area contributed by atoms with Crippen LogP contribution in [-0.4, -0.2) is 6.54 Å². The molecule has 3 aromatic rings. The SMILES string of the molecule is Nc1c2c([nH+]c3cccc(F)c13)N(c1ccccc1)CC2. The lowest BCUT2D eigenvalue weighted by Gasteiger charge is -2.12. The van der Waals surface area contributed by atoms with Crippen molar-refractivity contribution in [3.8, 4) is 0 Å². The summed E-state index contributed by atoms with van der Waals surface area (Å²) in [5, 5.41) is 0.492. The Morgan fingerprint density at radius 1 is 1.05 bits per heavy atom. The molecule has 3 N–H and O–H groups in total. The number of nitrogens with one attached hydrogen (secondary N) is 1. The average Bonchev–Trinajstić information content (AvgIpc) is 2.92. The molecule has 0 fully saturated rings. The summed E-state index contributed by atoms with van der Waals surface area (Å²) in [6.07, 6.45) is 0.816. The van der Waals surface area contributed by atoms with Gasteiger partial charge in [0.05, 0.1) is 23.2 Å². The molecule has 0 amide bonds. The summed E-state index contributed by atoms with van der Waals surface area (Å²) in [7, 11) is 0. The molecule has 2 aromatic carbocycles. The highest BCUT2D eigenvalue weighted by Crippen LogP contribution is 2.37. The molecule has 0 saturated carbocycles. The van der Waals surface area contributed by atoms with Crippen molar-refractivity contribution in [1.82, 2.24) is 0 Å². The first-order chi connectivity index (χ1) is 10.3.